The minimum atomic E-state index is 0. The minimum absolute atomic E-state index is 0. The van der Waals surface area contributed by atoms with E-state index in [1.807, 2.05) is 0 Å². The fraction of sp³-hybridized carbons (Fsp3) is 0.857. The summed E-state index contributed by atoms with van der Waals surface area (Å²) in [6.07, 6.45) is 1.67. The van der Waals surface area contributed by atoms with Gasteiger partial charge in [0.25, 0.3) is 0 Å². The summed E-state index contributed by atoms with van der Waals surface area (Å²) in [6.45, 7) is 1.75. The van der Waals surface area contributed by atoms with Crippen LogP contribution >= 0.6 is 25.0 Å². The van der Waals surface area contributed by atoms with E-state index in [2.05, 4.69) is 22.7 Å². The molecule has 0 radical (unpaired) electrons. The van der Waals surface area contributed by atoms with E-state index >= 15 is 0 Å². The maximum absolute atomic E-state index is 8.50. The molecule has 1 unspecified atom stereocenters. The second-order valence-corrected chi connectivity index (χ2v) is 3.32. The molecule has 0 aliphatic carbocycles. The summed E-state index contributed by atoms with van der Waals surface area (Å²) < 4.78 is 0. The van der Waals surface area contributed by atoms with Crippen LogP contribution < -0.4 is 5.73 Å². The Morgan fingerprint density at radius 1 is 1.54 bits per heavy atom. The van der Waals surface area contributed by atoms with Crippen LogP contribution in [-0.2, 0) is 0 Å². The van der Waals surface area contributed by atoms with Crippen molar-refractivity contribution in [2.75, 3.05) is 18.8 Å². The molecular formula is C7H16ClN3OS. The van der Waals surface area contributed by atoms with Crippen molar-refractivity contribution in [1.29, 1.82) is 0 Å². The van der Waals surface area contributed by atoms with Crippen LogP contribution in [0.1, 0.15) is 12.8 Å². The van der Waals surface area contributed by atoms with Crippen molar-refractivity contribution in [2.45, 2.75) is 19.0 Å². The molecule has 1 atom stereocenters. The first-order chi connectivity index (χ1) is 5.77. The van der Waals surface area contributed by atoms with Gasteiger partial charge in [0.05, 0.1) is 11.9 Å². The molecule has 3 N–H and O–H groups in total. The SMILES string of the molecule is Cl.NC(CS)N1CCC(=NO)CC1. The molecule has 1 aliphatic rings. The third kappa shape index (κ3) is 3.72. The molecule has 1 rings (SSSR count). The summed E-state index contributed by atoms with van der Waals surface area (Å²) in [6, 6.07) is 0. The van der Waals surface area contributed by atoms with Crippen LogP contribution in [0.2, 0.25) is 0 Å². The minimum Gasteiger partial charge on any atom is -0.411 e. The molecule has 1 saturated heterocycles. The van der Waals surface area contributed by atoms with Crippen LogP contribution in [0.25, 0.3) is 0 Å². The van der Waals surface area contributed by atoms with Gasteiger partial charge in [-0.1, -0.05) is 5.16 Å². The van der Waals surface area contributed by atoms with E-state index in [1.54, 1.807) is 0 Å². The normalized spacial score (nSPS) is 20.6. The first-order valence-electron chi connectivity index (χ1n) is 4.08. The molecule has 1 aliphatic heterocycles. The molecule has 0 bridgehead atoms. The average molecular weight is 226 g/mol. The van der Waals surface area contributed by atoms with Crippen LogP contribution in [0.3, 0.4) is 0 Å². The molecule has 6 heteroatoms. The lowest BCUT2D eigenvalue weighted by atomic mass is 10.1. The van der Waals surface area contributed by atoms with Gasteiger partial charge in [-0.05, 0) is 0 Å². The van der Waals surface area contributed by atoms with Gasteiger partial charge in [-0.3, -0.25) is 4.90 Å². The van der Waals surface area contributed by atoms with Crippen molar-refractivity contribution in [3.63, 3.8) is 0 Å². The number of oxime groups is 1. The fourth-order valence-electron chi connectivity index (χ4n) is 1.33. The molecule has 0 aromatic heterocycles. The standard InChI is InChI=1S/C7H15N3OS.ClH/c8-7(5-12)10-3-1-6(9-11)2-4-10;/h7,11-12H,1-5,8H2;1H. The highest BCUT2D eigenvalue weighted by atomic mass is 35.5. The number of likely N-dealkylation sites (tertiary alicyclic amines) is 1. The lowest BCUT2D eigenvalue weighted by Crippen LogP contribution is -2.47. The van der Waals surface area contributed by atoms with Crippen LogP contribution in [0.15, 0.2) is 5.16 Å². The predicted octanol–water partition coefficient (Wildman–Crippen LogP) is 0.549. The van der Waals surface area contributed by atoms with Crippen molar-refractivity contribution in [1.82, 2.24) is 4.90 Å². The summed E-state index contributed by atoms with van der Waals surface area (Å²) in [5, 5.41) is 11.7. The van der Waals surface area contributed by atoms with Gasteiger partial charge in [-0.2, -0.15) is 12.6 Å². The second-order valence-electron chi connectivity index (χ2n) is 2.95. The highest BCUT2D eigenvalue weighted by Crippen LogP contribution is 2.08. The van der Waals surface area contributed by atoms with Crippen molar-refractivity contribution >= 4 is 30.7 Å². The zero-order chi connectivity index (χ0) is 8.97. The van der Waals surface area contributed by atoms with Gasteiger partial charge in [-0.25, -0.2) is 0 Å². The van der Waals surface area contributed by atoms with E-state index in [0.29, 0.717) is 5.75 Å². The summed E-state index contributed by atoms with van der Waals surface area (Å²) in [5.41, 5.74) is 6.65. The first-order valence-corrected chi connectivity index (χ1v) is 4.71. The zero-order valence-electron chi connectivity index (χ0n) is 7.39. The summed E-state index contributed by atoms with van der Waals surface area (Å²) in [4.78, 5) is 2.15. The predicted molar refractivity (Wildman–Crippen MR) is 59.1 cm³/mol. The van der Waals surface area contributed by atoms with Crippen molar-refractivity contribution < 1.29 is 5.21 Å². The van der Waals surface area contributed by atoms with E-state index in [9.17, 15) is 0 Å². The van der Waals surface area contributed by atoms with Gasteiger partial charge in [0.1, 0.15) is 0 Å². The van der Waals surface area contributed by atoms with E-state index in [1.165, 1.54) is 0 Å². The highest BCUT2D eigenvalue weighted by molar-refractivity contribution is 7.80. The number of hydrogen-bond acceptors (Lipinski definition) is 5. The van der Waals surface area contributed by atoms with Crippen molar-refractivity contribution in [2.24, 2.45) is 10.9 Å². The molecule has 1 heterocycles. The molecule has 0 saturated carbocycles. The third-order valence-corrected chi connectivity index (χ3v) is 2.55. The molecule has 4 nitrogen and oxygen atoms in total. The van der Waals surface area contributed by atoms with E-state index < -0.39 is 0 Å². The molecular weight excluding hydrogens is 210 g/mol. The van der Waals surface area contributed by atoms with Gasteiger partial charge >= 0.3 is 0 Å². The lowest BCUT2D eigenvalue weighted by molar-refractivity contribution is 0.212. The third-order valence-electron chi connectivity index (χ3n) is 2.17. The maximum Gasteiger partial charge on any atom is 0.0662 e. The van der Waals surface area contributed by atoms with Gasteiger partial charge < -0.3 is 10.9 Å². The molecule has 0 aromatic carbocycles. The summed E-state index contributed by atoms with van der Waals surface area (Å²) >= 11 is 4.12. The molecule has 1 fully saturated rings. The molecule has 0 aromatic rings. The Morgan fingerprint density at radius 3 is 2.46 bits per heavy atom. The number of nitrogens with zero attached hydrogens (tertiary/aromatic N) is 2. The molecule has 0 spiro atoms. The van der Waals surface area contributed by atoms with Crippen LogP contribution in [0.4, 0.5) is 0 Å². The molecule has 13 heavy (non-hydrogen) atoms. The number of nitrogens with two attached hydrogens (primary N) is 1. The van der Waals surface area contributed by atoms with E-state index in [4.69, 9.17) is 10.9 Å². The van der Waals surface area contributed by atoms with Crippen LogP contribution in [0.5, 0.6) is 0 Å². The Labute approximate surface area is 90.0 Å². The Kier molecular flexibility index (Phi) is 6.49. The summed E-state index contributed by atoms with van der Waals surface area (Å²) in [5.74, 6) is 0.672. The van der Waals surface area contributed by atoms with Gasteiger partial charge in [-0.15, -0.1) is 12.4 Å². The monoisotopic (exact) mass is 225 g/mol. The van der Waals surface area contributed by atoms with Crippen LogP contribution in [0, 0.1) is 0 Å². The van der Waals surface area contributed by atoms with Gasteiger partial charge in [0.15, 0.2) is 0 Å². The van der Waals surface area contributed by atoms with Gasteiger partial charge in [0.2, 0.25) is 0 Å². The number of rotatable bonds is 2. The fourth-order valence-corrected chi connectivity index (χ4v) is 1.56. The average Bonchev–Trinajstić information content (AvgIpc) is 2.17. The Balaban J connectivity index is 0.00000144. The number of hydrogen-bond donors (Lipinski definition) is 3. The van der Waals surface area contributed by atoms with E-state index in [-0.39, 0.29) is 18.6 Å². The lowest BCUT2D eigenvalue weighted by Gasteiger charge is -2.31. The number of piperidine rings is 1. The Hall–Kier alpha value is 0.0300. The topological polar surface area (TPSA) is 61.8 Å². The number of halogens is 1. The van der Waals surface area contributed by atoms with Gasteiger partial charge in [0, 0.05) is 31.7 Å². The summed E-state index contributed by atoms with van der Waals surface area (Å²) in [7, 11) is 0. The van der Waals surface area contributed by atoms with Crippen molar-refractivity contribution in [3.05, 3.63) is 0 Å². The number of thiol groups is 1. The first kappa shape index (κ1) is 13.0. The molecule has 0 amide bonds. The smallest absolute Gasteiger partial charge is 0.0662 e. The van der Waals surface area contributed by atoms with E-state index in [0.717, 1.165) is 31.6 Å². The Morgan fingerprint density at radius 2 is 2.08 bits per heavy atom. The quantitative estimate of drug-likeness (QED) is 0.366. The largest absolute Gasteiger partial charge is 0.411 e. The van der Waals surface area contributed by atoms with Crippen LogP contribution in [-0.4, -0.2) is 40.8 Å². The van der Waals surface area contributed by atoms with Crippen molar-refractivity contribution in [3.8, 4) is 0 Å². The molecule has 78 valence electrons. The second kappa shape index (κ2) is 6.48. The maximum atomic E-state index is 8.50. The Bertz CT molecular complexity index is 169. The zero-order valence-corrected chi connectivity index (χ0v) is 9.10. The highest BCUT2D eigenvalue weighted by Gasteiger charge is 2.19.